The van der Waals surface area contributed by atoms with Gasteiger partial charge in [-0.15, -0.1) is 0 Å². The summed E-state index contributed by atoms with van der Waals surface area (Å²) in [6.07, 6.45) is -0.509. The van der Waals surface area contributed by atoms with E-state index in [-0.39, 0.29) is 0 Å². The summed E-state index contributed by atoms with van der Waals surface area (Å²) >= 11 is 3.23. The maximum Gasteiger partial charge on any atom is 0.261 e. The molecule has 0 aliphatic rings. The highest BCUT2D eigenvalue weighted by molar-refractivity contribution is 9.09. The molecule has 0 aromatic rings. The summed E-state index contributed by atoms with van der Waals surface area (Å²) in [4.78, 5) is 0. The highest BCUT2D eigenvalue weighted by atomic mass is 79.9. The number of hydrogen-bond acceptors (Lipinski definition) is 1. The topological polar surface area (TPSA) is 9.23 Å². The van der Waals surface area contributed by atoms with Crippen LogP contribution in [0.25, 0.3) is 0 Å². The van der Waals surface area contributed by atoms with E-state index < -0.39 is 13.0 Å². The minimum Gasteiger partial charge on any atom is -0.376 e. The Labute approximate surface area is 67.9 Å². The number of hydrogen-bond donors (Lipinski definition) is 0. The molecule has 0 saturated heterocycles. The summed E-state index contributed by atoms with van der Waals surface area (Å²) in [7, 11) is 0. The van der Waals surface area contributed by atoms with Crippen molar-refractivity contribution in [1.29, 1.82) is 0 Å². The fraction of sp³-hybridized carbons (Fsp3) is 1.00. The van der Waals surface area contributed by atoms with Crippen molar-refractivity contribution in [3.63, 3.8) is 0 Å². The zero-order valence-corrected chi connectivity index (χ0v) is 7.24. The molecule has 4 heteroatoms. The van der Waals surface area contributed by atoms with Gasteiger partial charge in [0.2, 0.25) is 0 Å². The van der Waals surface area contributed by atoms with Gasteiger partial charge in [-0.1, -0.05) is 15.9 Å². The SMILES string of the molecule is FC(F)COCCCCBr. The molecular formula is C6H11BrF2O. The lowest BCUT2D eigenvalue weighted by Gasteiger charge is -2.00. The van der Waals surface area contributed by atoms with Gasteiger partial charge in [-0.2, -0.15) is 0 Å². The minimum absolute atomic E-state index is 0.428. The Balaban J connectivity index is 2.77. The van der Waals surface area contributed by atoms with Crippen molar-refractivity contribution in [2.75, 3.05) is 18.5 Å². The molecule has 0 atom stereocenters. The Morgan fingerprint density at radius 3 is 2.50 bits per heavy atom. The molecule has 1 nitrogen and oxygen atoms in total. The van der Waals surface area contributed by atoms with Crippen LogP contribution in [-0.4, -0.2) is 25.0 Å². The molecule has 0 aliphatic heterocycles. The monoisotopic (exact) mass is 216 g/mol. The molecule has 0 rings (SSSR count). The maximum atomic E-state index is 11.4. The summed E-state index contributed by atoms with van der Waals surface area (Å²) < 4.78 is 27.4. The molecule has 0 radical (unpaired) electrons. The van der Waals surface area contributed by atoms with Crippen LogP contribution in [0.15, 0.2) is 0 Å². The first-order chi connectivity index (χ1) is 4.77. The molecule has 0 aromatic heterocycles. The van der Waals surface area contributed by atoms with Crippen LogP contribution >= 0.6 is 15.9 Å². The Kier molecular flexibility index (Phi) is 7.63. The van der Waals surface area contributed by atoms with Crippen molar-refractivity contribution in [2.24, 2.45) is 0 Å². The van der Waals surface area contributed by atoms with E-state index >= 15 is 0 Å². The van der Waals surface area contributed by atoms with Crippen LogP contribution in [0.1, 0.15) is 12.8 Å². The van der Waals surface area contributed by atoms with E-state index in [0.717, 1.165) is 18.2 Å². The predicted molar refractivity (Wildman–Crippen MR) is 39.9 cm³/mol. The van der Waals surface area contributed by atoms with E-state index in [9.17, 15) is 8.78 Å². The van der Waals surface area contributed by atoms with Crippen LogP contribution in [0.3, 0.4) is 0 Å². The number of alkyl halides is 3. The highest BCUT2D eigenvalue weighted by Gasteiger charge is 2.00. The van der Waals surface area contributed by atoms with E-state index in [0.29, 0.717) is 6.61 Å². The van der Waals surface area contributed by atoms with Gasteiger partial charge in [0.1, 0.15) is 6.61 Å². The van der Waals surface area contributed by atoms with Gasteiger partial charge in [-0.25, -0.2) is 8.78 Å². The van der Waals surface area contributed by atoms with Gasteiger partial charge in [-0.3, -0.25) is 0 Å². The molecule has 0 aliphatic carbocycles. The molecule has 0 unspecified atom stereocenters. The molecule has 0 heterocycles. The van der Waals surface area contributed by atoms with Gasteiger partial charge < -0.3 is 4.74 Å². The number of halogens is 3. The van der Waals surface area contributed by atoms with Crippen molar-refractivity contribution in [2.45, 2.75) is 19.3 Å². The zero-order chi connectivity index (χ0) is 7.82. The van der Waals surface area contributed by atoms with Crippen molar-refractivity contribution >= 4 is 15.9 Å². The lowest BCUT2D eigenvalue weighted by Crippen LogP contribution is -2.05. The van der Waals surface area contributed by atoms with Gasteiger partial charge >= 0.3 is 0 Å². The third-order valence-corrected chi connectivity index (χ3v) is 1.48. The fourth-order valence-corrected chi connectivity index (χ4v) is 0.868. The quantitative estimate of drug-likeness (QED) is 0.490. The Morgan fingerprint density at radius 1 is 1.30 bits per heavy atom. The first-order valence-electron chi connectivity index (χ1n) is 3.19. The van der Waals surface area contributed by atoms with Crippen molar-refractivity contribution in [1.82, 2.24) is 0 Å². The Morgan fingerprint density at radius 2 is 2.00 bits per heavy atom. The fourth-order valence-electron chi connectivity index (χ4n) is 0.471. The van der Waals surface area contributed by atoms with E-state index in [1.54, 1.807) is 0 Å². The summed E-state index contributed by atoms with van der Waals surface area (Å²) in [5, 5.41) is 0.908. The molecular weight excluding hydrogens is 206 g/mol. The van der Waals surface area contributed by atoms with Gasteiger partial charge in [0, 0.05) is 11.9 Å². The minimum atomic E-state index is -2.33. The Hall–Kier alpha value is 0.300. The van der Waals surface area contributed by atoms with Crippen molar-refractivity contribution in [3.05, 3.63) is 0 Å². The summed E-state index contributed by atoms with van der Waals surface area (Å²) in [6, 6.07) is 0. The molecule has 0 amide bonds. The van der Waals surface area contributed by atoms with Crippen LogP contribution < -0.4 is 0 Å². The second-order valence-electron chi connectivity index (χ2n) is 1.86. The average Bonchev–Trinajstić information content (AvgIpc) is 1.87. The molecule has 0 spiro atoms. The first-order valence-corrected chi connectivity index (χ1v) is 4.31. The van der Waals surface area contributed by atoms with E-state index in [2.05, 4.69) is 20.7 Å². The normalized spacial score (nSPS) is 10.8. The van der Waals surface area contributed by atoms with Crippen LogP contribution in [0, 0.1) is 0 Å². The van der Waals surface area contributed by atoms with Crippen LogP contribution in [0.4, 0.5) is 8.78 Å². The van der Waals surface area contributed by atoms with E-state index in [4.69, 9.17) is 0 Å². The number of rotatable bonds is 6. The van der Waals surface area contributed by atoms with Gasteiger partial charge in [-0.05, 0) is 12.8 Å². The first kappa shape index (κ1) is 10.3. The van der Waals surface area contributed by atoms with Gasteiger partial charge in [0.25, 0.3) is 6.43 Å². The third-order valence-electron chi connectivity index (χ3n) is 0.916. The molecule has 0 fully saturated rings. The smallest absolute Gasteiger partial charge is 0.261 e. The Bertz CT molecular complexity index is 70.8. The van der Waals surface area contributed by atoms with Crippen molar-refractivity contribution < 1.29 is 13.5 Å². The van der Waals surface area contributed by atoms with Crippen molar-refractivity contribution in [3.8, 4) is 0 Å². The molecule has 0 aromatic carbocycles. The molecule has 0 bridgehead atoms. The maximum absolute atomic E-state index is 11.4. The average molecular weight is 217 g/mol. The van der Waals surface area contributed by atoms with Crippen LogP contribution in [0.5, 0.6) is 0 Å². The standard InChI is InChI=1S/C6H11BrF2O/c7-3-1-2-4-10-5-6(8)9/h6H,1-5H2. The summed E-state index contributed by atoms with van der Waals surface area (Å²) in [6.45, 7) is 0.0121. The molecule has 62 valence electrons. The second-order valence-corrected chi connectivity index (χ2v) is 2.66. The zero-order valence-electron chi connectivity index (χ0n) is 5.66. The third kappa shape index (κ3) is 8.30. The van der Waals surface area contributed by atoms with Gasteiger partial charge in [0.15, 0.2) is 0 Å². The predicted octanol–water partition coefficient (Wildman–Crippen LogP) is 2.44. The summed E-state index contributed by atoms with van der Waals surface area (Å²) in [5.41, 5.74) is 0. The van der Waals surface area contributed by atoms with E-state index in [1.807, 2.05) is 0 Å². The lowest BCUT2D eigenvalue weighted by atomic mass is 10.4. The second kappa shape index (κ2) is 7.41. The molecule has 0 saturated carbocycles. The number of ether oxygens (including phenoxy) is 1. The largest absolute Gasteiger partial charge is 0.376 e. The van der Waals surface area contributed by atoms with Gasteiger partial charge in [0.05, 0.1) is 0 Å². The van der Waals surface area contributed by atoms with Crippen LogP contribution in [-0.2, 0) is 4.74 Å². The van der Waals surface area contributed by atoms with Crippen LogP contribution in [0.2, 0.25) is 0 Å². The summed E-state index contributed by atoms with van der Waals surface area (Å²) in [5.74, 6) is 0. The highest BCUT2D eigenvalue weighted by Crippen LogP contribution is 1.97. The number of unbranched alkanes of at least 4 members (excludes halogenated alkanes) is 1. The molecule has 10 heavy (non-hydrogen) atoms. The van der Waals surface area contributed by atoms with E-state index in [1.165, 1.54) is 0 Å². The molecule has 0 N–H and O–H groups in total. The lowest BCUT2D eigenvalue weighted by molar-refractivity contribution is 0.0167.